The lowest BCUT2D eigenvalue weighted by Gasteiger charge is -2.29. The molecule has 0 saturated heterocycles. The zero-order chi connectivity index (χ0) is 17.6. The van der Waals surface area contributed by atoms with Crippen molar-refractivity contribution >= 4 is 34.1 Å². The Morgan fingerprint density at radius 1 is 1.24 bits per heavy atom. The monoisotopic (exact) mass is 378 g/mol. The molecule has 1 aliphatic rings. The van der Waals surface area contributed by atoms with E-state index in [-0.39, 0.29) is 5.02 Å². The van der Waals surface area contributed by atoms with E-state index in [0.29, 0.717) is 18.1 Å². The number of benzene rings is 2. The highest BCUT2D eigenvalue weighted by atomic mass is 35.5. The third-order valence-corrected chi connectivity index (χ3v) is 5.28. The molecule has 0 spiro atoms. The van der Waals surface area contributed by atoms with Gasteiger partial charge in [0, 0.05) is 41.3 Å². The van der Waals surface area contributed by atoms with Gasteiger partial charge in [0.15, 0.2) is 0 Å². The highest BCUT2D eigenvalue weighted by Gasteiger charge is 2.23. The Bertz CT molecular complexity index is 941. The fourth-order valence-electron chi connectivity index (χ4n) is 3.51. The Labute approximate surface area is 155 Å². The van der Waals surface area contributed by atoms with E-state index in [0.717, 1.165) is 35.1 Å². The van der Waals surface area contributed by atoms with Gasteiger partial charge in [0.1, 0.15) is 5.82 Å². The van der Waals surface area contributed by atoms with Crippen LogP contribution in [0.25, 0.3) is 10.9 Å². The van der Waals surface area contributed by atoms with Crippen LogP contribution in [0.15, 0.2) is 36.4 Å². The fraction of sp³-hybridized carbons (Fsp3) is 0.263. The maximum absolute atomic E-state index is 13.7. The van der Waals surface area contributed by atoms with Crippen LogP contribution < -0.4 is 0 Å². The number of hydrogen-bond acceptors (Lipinski definition) is 2. The molecule has 3 nitrogen and oxygen atoms in total. The van der Waals surface area contributed by atoms with Gasteiger partial charge in [-0.05, 0) is 41.8 Å². The van der Waals surface area contributed by atoms with Crippen LogP contribution in [0.3, 0.4) is 0 Å². The lowest BCUT2D eigenvalue weighted by molar-refractivity contribution is 0.105. The van der Waals surface area contributed by atoms with Crippen LogP contribution in [-0.2, 0) is 13.0 Å². The summed E-state index contributed by atoms with van der Waals surface area (Å²) in [4.78, 5) is 5.47. The van der Waals surface area contributed by atoms with E-state index < -0.39 is 11.9 Å². The number of rotatable bonds is 3. The van der Waals surface area contributed by atoms with E-state index in [1.165, 1.54) is 11.6 Å². The summed E-state index contributed by atoms with van der Waals surface area (Å²) in [7, 11) is 0. The minimum atomic E-state index is -0.600. The molecule has 25 heavy (non-hydrogen) atoms. The first-order chi connectivity index (χ1) is 12.0. The average molecular weight is 379 g/mol. The fourth-order valence-corrected chi connectivity index (χ4v) is 3.88. The van der Waals surface area contributed by atoms with Crippen molar-refractivity contribution in [3.8, 4) is 0 Å². The second kappa shape index (κ2) is 6.61. The van der Waals surface area contributed by atoms with Gasteiger partial charge in [0.05, 0.1) is 11.1 Å². The molecular weight excluding hydrogens is 362 g/mol. The van der Waals surface area contributed by atoms with Crippen molar-refractivity contribution in [1.29, 1.82) is 0 Å². The number of aromatic amines is 1. The number of β-amino-alcohol motifs (C(OH)–C–C–N with tert-alkyl or cyclic N) is 1. The topological polar surface area (TPSA) is 39.3 Å². The number of fused-ring (bicyclic) bond motifs is 3. The van der Waals surface area contributed by atoms with Gasteiger partial charge >= 0.3 is 0 Å². The molecule has 0 aliphatic carbocycles. The zero-order valence-electron chi connectivity index (χ0n) is 13.4. The largest absolute Gasteiger partial charge is 0.387 e. The van der Waals surface area contributed by atoms with Gasteiger partial charge in [0.25, 0.3) is 0 Å². The summed E-state index contributed by atoms with van der Waals surface area (Å²) in [6.07, 6.45) is 0.232. The zero-order valence-corrected chi connectivity index (χ0v) is 14.9. The third kappa shape index (κ3) is 3.27. The number of aliphatic hydroxyl groups is 1. The molecule has 0 amide bonds. The molecular formula is C19H17Cl2FN2O. The molecule has 0 saturated carbocycles. The predicted molar refractivity (Wildman–Crippen MR) is 98.7 cm³/mol. The molecule has 1 aliphatic heterocycles. The van der Waals surface area contributed by atoms with Crippen LogP contribution >= 0.6 is 23.2 Å². The van der Waals surface area contributed by atoms with Crippen LogP contribution in [0.1, 0.15) is 22.9 Å². The molecule has 2 N–H and O–H groups in total. The first-order valence-electron chi connectivity index (χ1n) is 8.15. The molecule has 2 heterocycles. The number of nitrogens with zero attached hydrogens (tertiary/aromatic N) is 1. The second-order valence-corrected chi connectivity index (χ2v) is 7.29. The summed E-state index contributed by atoms with van der Waals surface area (Å²) in [6, 6.07) is 10.4. The predicted octanol–water partition coefficient (Wildman–Crippen LogP) is 4.71. The van der Waals surface area contributed by atoms with Gasteiger partial charge in [-0.2, -0.15) is 0 Å². The second-order valence-electron chi connectivity index (χ2n) is 6.45. The summed E-state index contributed by atoms with van der Waals surface area (Å²) in [5.41, 5.74) is 3.82. The van der Waals surface area contributed by atoms with Crippen LogP contribution in [0.2, 0.25) is 10.0 Å². The van der Waals surface area contributed by atoms with Crippen molar-refractivity contribution in [2.75, 3.05) is 13.1 Å². The maximum Gasteiger partial charge on any atom is 0.143 e. The molecule has 0 fully saturated rings. The quantitative estimate of drug-likeness (QED) is 0.692. The lowest BCUT2D eigenvalue weighted by atomic mass is 10.0. The average Bonchev–Trinajstić information content (AvgIpc) is 2.92. The van der Waals surface area contributed by atoms with Crippen LogP contribution in [0.5, 0.6) is 0 Å². The minimum absolute atomic E-state index is 0.146. The number of aliphatic hydroxyl groups excluding tert-OH is 1. The highest BCUT2D eigenvalue weighted by Crippen LogP contribution is 2.31. The number of H-pyrrole nitrogens is 1. The Morgan fingerprint density at radius 3 is 2.88 bits per heavy atom. The summed E-state index contributed by atoms with van der Waals surface area (Å²) in [6.45, 7) is 2.03. The van der Waals surface area contributed by atoms with E-state index in [1.54, 1.807) is 18.2 Å². The summed E-state index contributed by atoms with van der Waals surface area (Å²) < 4.78 is 13.7. The molecule has 0 radical (unpaired) electrons. The molecule has 6 heteroatoms. The van der Waals surface area contributed by atoms with Gasteiger partial charge in [-0.1, -0.05) is 35.3 Å². The van der Waals surface area contributed by atoms with Gasteiger partial charge in [0.2, 0.25) is 0 Å². The molecule has 0 bridgehead atoms. The normalized spacial score (nSPS) is 16.2. The lowest BCUT2D eigenvalue weighted by Crippen LogP contribution is -2.33. The number of nitrogens with one attached hydrogen (secondary N) is 1. The molecule has 1 atom stereocenters. The Balaban J connectivity index is 1.55. The van der Waals surface area contributed by atoms with Crippen molar-refractivity contribution in [2.45, 2.75) is 19.1 Å². The van der Waals surface area contributed by atoms with E-state index >= 15 is 0 Å². The van der Waals surface area contributed by atoms with Crippen LogP contribution in [0, 0.1) is 5.82 Å². The molecule has 4 rings (SSSR count). The molecule has 1 unspecified atom stereocenters. The van der Waals surface area contributed by atoms with E-state index in [2.05, 4.69) is 9.88 Å². The Morgan fingerprint density at radius 2 is 2.08 bits per heavy atom. The summed E-state index contributed by atoms with van der Waals surface area (Å²) in [5, 5.41) is 12.2. The van der Waals surface area contributed by atoms with Gasteiger partial charge in [-0.15, -0.1) is 0 Å². The van der Waals surface area contributed by atoms with Crippen molar-refractivity contribution < 1.29 is 9.50 Å². The third-order valence-electron chi connectivity index (χ3n) is 4.76. The van der Waals surface area contributed by atoms with Gasteiger partial charge in [-0.25, -0.2) is 4.39 Å². The first-order valence-corrected chi connectivity index (χ1v) is 8.91. The van der Waals surface area contributed by atoms with E-state index in [9.17, 15) is 9.50 Å². The minimum Gasteiger partial charge on any atom is -0.387 e. The summed E-state index contributed by atoms with van der Waals surface area (Å²) >= 11 is 11.9. The van der Waals surface area contributed by atoms with Crippen molar-refractivity contribution in [3.05, 3.63) is 69.1 Å². The van der Waals surface area contributed by atoms with Crippen molar-refractivity contribution in [2.24, 2.45) is 0 Å². The molecule has 130 valence electrons. The number of aromatic nitrogens is 1. The Hall–Kier alpha value is -1.59. The molecule has 2 aromatic carbocycles. The molecule has 1 aromatic heterocycles. The highest BCUT2D eigenvalue weighted by molar-refractivity contribution is 6.31. The standard InChI is InChI=1S/C19H17Cl2FN2O/c20-12-3-1-2-11(6-12)19(25)10-24-5-4-13-14-7-15(21)16(22)8-17(14)23-18(13)9-24/h1-3,6-8,19,23,25H,4-5,9-10H2. The van der Waals surface area contributed by atoms with Gasteiger partial charge < -0.3 is 10.1 Å². The number of halogens is 3. The van der Waals surface area contributed by atoms with E-state index in [4.69, 9.17) is 23.2 Å². The SMILES string of the molecule is OC(CN1CCc2c([nH]c3cc(F)c(Cl)cc23)C1)c1cccc(Cl)c1. The molecule has 3 aromatic rings. The van der Waals surface area contributed by atoms with Crippen molar-refractivity contribution in [3.63, 3.8) is 0 Å². The smallest absolute Gasteiger partial charge is 0.143 e. The van der Waals surface area contributed by atoms with E-state index in [1.807, 2.05) is 12.1 Å². The van der Waals surface area contributed by atoms with Crippen LogP contribution in [-0.4, -0.2) is 28.1 Å². The number of hydrogen-bond donors (Lipinski definition) is 2. The van der Waals surface area contributed by atoms with Crippen LogP contribution in [0.4, 0.5) is 4.39 Å². The summed E-state index contributed by atoms with van der Waals surface area (Å²) in [5.74, 6) is -0.416. The Kier molecular flexibility index (Phi) is 4.46. The van der Waals surface area contributed by atoms with Crippen molar-refractivity contribution in [1.82, 2.24) is 9.88 Å². The van der Waals surface area contributed by atoms with Gasteiger partial charge in [-0.3, -0.25) is 4.90 Å². The maximum atomic E-state index is 13.7. The first kappa shape index (κ1) is 16.9.